The van der Waals surface area contributed by atoms with Crippen molar-refractivity contribution in [1.29, 1.82) is 10.5 Å². The normalized spacial score (nSPS) is 11.1. The van der Waals surface area contributed by atoms with E-state index in [2.05, 4.69) is 0 Å². The summed E-state index contributed by atoms with van der Waals surface area (Å²) in [5, 5.41) is 18.6. The molecule has 0 aliphatic carbocycles. The monoisotopic (exact) mass is 458 g/mol. The van der Waals surface area contributed by atoms with Crippen LogP contribution in [0.5, 0.6) is 0 Å². The first-order valence-electron chi connectivity index (χ1n) is 10.4. The van der Waals surface area contributed by atoms with E-state index in [4.69, 9.17) is 9.47 Å². The molecule has 0 radical (unpaired) electrons. The highest BCUT2D eigenvalue weighted by atomic mass is 16.6. The number of hydrogen-bond donors (Lipinski definition) is 0. The predicted molar refractivity (Wildman–Crippen MR) is 131 cm³/mol. The lowest BCUT2D eigenvalue weighted by molar-refractivity contribution is -0.146. The molecule has 0 heterocycles. The maximum absolute atomic E-state index is 12.2. The quantitative estimate of drug-likeness (QED) is 0.244. The van der Waals surface area contributed by atoms with Gasteiger partial charge >= 0.3 is 11.9 Å². The standard InChI is InChI=1S/C26H26N4O4/c1-29(2)23-9-5-19(6-10-23)15-21(17-27)25(31)33-13-14-34-26(32)22(18-28)16-20-7-11-24(12-8-20)30(3)4/h5-12,15-16H,13-14H2,1-4H3. The highest BCUT2D eigenvalue weighted by molar-refractivity contribution is 5.98. The molecule has 2 aromatic carbocycles. The molecule has 2 aromatic rings. The fraction of sp³-hybridized carbons (Fsp3) is 0.231. The fourth-order valence-electron chi connectivity index (χ4n) is 2.77. The van der Waals surface area contributed by atoms with Crippen LogP contribution in [-0.4, -0.2) is 53.3 Å². The molecule has 0 aromatic heterocycles. The largest absolute Gasteiger partial charge is 0.458 e. The number of benzene rings is 2. The maximum atomic E-state index is 12.2. The number of hydrogen-bond acceptors (Lipinski definition) is 8. The first kappa shape index (κ1) is 25.7. The molecule has 0 atom stereocenters. The summed E-state index contributed by atoms with van der Waals surface area (Å²) in [6, 6.07) is 18.2. The number of carbonyl (C=O) groups excluding carboxylic acids is 2. The van der Waals surface area contributed by atoms with E-state index in [9.17, 15) is 20.1 Å². The van der Waals surface area contributed by atoms with Crippen LogP contribution >= 0.6 is 0 Å². The Bertz CT molecular complexity index is 1060. The molecular formula is C26H26N4O4. The molecule has 2 rings (SSSR count). The number of rotatable bonds is 9. The van der Waals surface area contributed by atoms with Crippen molar-refractivity contribution >= 4 is 35.5 Å². The highest BCUT2D eigenvalue weighted by Crippen LogP contribution is 2.16. The highest BCUT2D eigenvalue weighted by Gasteiger charge is 2.14. The van der Waals surface area contributed by atoms with Crippen LogP contribution in [0, 0.1) is 22.7 Å². The van der Waals surface area contributed by atoms with Gasteiger partial charge in [0.05, 0.1) is 0 Å². The Morgan fingerprint density at radius 1 is 0.706 bits per heavy atom. The Morgan fingerprint density at radius 2 is 1.03 bits per heavy atom. The average molecular weight is 459 g/mol. The van der Waals surface area contributed by atoms with Gasteiger partial charge in [0.1, 0.15) is 36.5 Å². The second kappa shape index (κ2) is 12.5. The van der Waals surface area contributed by atoms with Gasteiger partial charge in [0.25, 0.3) is 0 Å². The van der Waals surface area contributed by atoms with Crippen LogP contribution in [0.3, 0.4) is 0 Å². The third-order valence-corrected chi connectivity index (χ3v) is 4.67. The van der Waals surface area contributed by atoms with Crippen LogP contribution in [0.4, 0.5) is 11.4 Å². The molecule has 0 aliphatic rings. The number of nitriles is 2. The van der Waals surface area contributed by atoms with Crippen molar-refractivity contribution in [3.05, 3.63) is 70.8 Å². The van der Waals surface area contributed by atoms with Crippen molar-refractivity contribution < 1.29 is 19.1 Å². The van der Waals surface area contributed by atoms with Crippen LogP contribution in [0.25, 0.3) is 12.2 Å². The summed E-state index contributed by atoms with van der Waals surface area (Å²) in [4.78, 5) is 28.2. The first-order chi connectivity index (χ1) is 16.2. The van der Waals surface area contributed by atoms with E-state index in [0.717, 1.165) is 11.4 Å². The van der Waals surface area contributed by atoms with Gasteiger partial charge in [-0.2, -0.15) is 10.5 Å². The summed E-state index contributed by atoms with van der Waals surface area (Å²) in [6.07, 6.45) is 2.85. The minimum atomic E-state index is -0.827. The molecule has 174 valence electrons. The van der Waals surface area contributed by atoms with Crippen LogP contribution in [0.2, 0.25) is 0 Å². The zero-order chi connectivity index (χ0) is 25.1. The van der Waals surface area contributed by atoms with E-state index in [0.29, 0.717) is 11.1 Å². The molecule has 0 saturated heterocycles. The topological polar surface area (TPSA) is 107 Å². The van der Waals surface area contributed by atoms with Gasteiger partial charge in [0.2, 0.25) is 0 Å². The van der Waals surface area contributed by atoms with Crippen LogP contribution in [0.15, 0.2) is 59.7 Å². The third-order valence-electron chi connectivity index (χ3n) is 4.67. The van der Waals surface area contributed by atoms with E-state index in [-0.39, 0.29) is 24.4 Å². The molecule has 34 heavy (non-hydrogen) atoms. The summed E-state index contributed by atoms with van der Waals surface area (Å²) in [7, 11) is 7.64. The number of esters is 2. The number of nitrogens with zero attached hydrogens (tertiary/aromatic N) is 4. The first-order valence-corrected chi connectivity index (χ1v) is 10.4. The molecule has 0 unspecified atom stereocenters. The van der Waals surface area contributed by atoms with Gasteiger partial charge in [-0.1, -0.05) is 24.3 Å². The van der Waals surface area contributed by atoms with E-state index in [1.807, 2.05) is 74.4 Å². The third kappa shape index (κ3) is 7.54. The zero-order valence-corrected chi connectivity index (χ0v) is 19.6. The lowest BCUT2D eigenvalue weighted by Crippen LogP contribution is -2.15. The van der Waals surface area contributed by atoms with Crippen LogP contribution < -0.4 is 9.80 Å². The molecule has 8 heteroatoms. The SMILES string of the molecule is CN(C)c1ccc(C=C(C#N)C(=O)OCCOC(=O)C(C#N)=Cc2ccc(N(C)C)cc2)cc1. The summed E-state index contributed by atoms with van der Waals surface area (Å²) in [5.74, 6) is -1.65. The molecule has 0 spiro atoms. The van der Waals surface area contributed by atoms with Crippen molar-refractivity contribution in [2.24, 2.45) is 0 Å². The molecule has 0 aliphatic heterocycles. The summed E-state index contributed by atoms with van der Waals surface area (Å²) in [5.41, 5.74) is 2.96. The minimum Gasteiger partial charge on any atom is -0.458 e. The van der Waals surface area contributed by atoms with E-state index in [1.165, 1.54) is 12.2 Å². The van der Waals surface area contributed by atoms with Gasteiger partial charge in [0, 0.05) is 39.6 Å². The van der Waals surface area contributed by atoms with Crippen LogP contribution in [-0.2, 0) is 19.1 Å². The van der Waals surface area contributed by atoms with Gasteiger partial charge in [-0.05, 0) is 47.5 Å². The Morgan fingerprint density at radius 3 is 1.29 bits per heavy atom. The van der Waals surface area contributed by atoms with E-state index >= 15 is 0 Å². The van der Waals surface area contributed by atoms with Gasteiger partial charge in [-0.3, -0.25) is 0 Å². The summed E-state index contributed by atoms with van der Waals surface area (Å²) < 4.78 is 10.0. The van der Waals surface area contributed by atoms with E-state index < -0.39 is 11.9 Å². The number of ether oxygens (including phenoxy) is 2. The summed E-state index contributed by atoms with van der Waals surface area (Å²) >= 11 is 0. The average Bonchev–Trinajstić information content (AvgIpc) is 2.83. The van der Waals surface area contributed by atoms with Crippen molar-refractivity contribution in [2.75, 3.05) is 51.2 Å². The molecule has 0 saturated carbocycles. The number of anilines is 2. The molecule has 0 N–H and O–H groups in total. The predicted octanol–water partition coefficient (Wildman–Crippen LogP) is 3.42. The molecule has 0 fully saturated rings. The second-order valence-corrected chi connectivity index (χ2v) is 7.58. The van der Waals surface area contributed by atoms with Gasteiger partial charge in [0.15, 0.2) is 0 Å². The molecule has 0 amide bonds. The lowest BCUT2D eigenvalue weighted by Gasteiger charge is -2.12. The van der Waals surface area contributed by atoms with Gasteiger partial charge < -0.3 is 19.3 Å². The van der Waals surface area contributed by atoms with Crippen molar-refractivity contribution in [1.82, 2.24) is 0 Å². The molecule has 0 bridgehead atoms. The summed E-state index contributed by atoms with van der Waals surface area (Å²) in [6.45, 7) is -0.501. The fourth-order valence-corrected chi connectivity index (χ4v) is 2.77. The van der Waals surface area contributed by atoms with E-state index in [1.54, 1.807) is 24.3 Å². The molecular weight excluding hydrogens is 432 g/mol. The molecule has 8 nitrogen and oxygen atoms in total. The lowest BCUT2D eigenvalue weighted by atomic mass is 10.1. The Balaban J connectivity index is 1.90. The Hall–Kier alpha value is -4.56. The smallest absolute Gasteiger partial charge is 0.349 e. The zero-order valence-electron chi connectivity index (χ0n) is 19.6. The van der Waals surface area contributed by atoms with Crippen molar-refractivity contribution in [3.63, 3.8) is 0 Å². The van der Waals surface area contributed by atoms with Crippen LogP contribution in [0.1, 0.15) is 11.1 Å². The number of carbonyl (C=O) groups is 2. The maximum Gasteiger partial charge on any atom is 0.349 e. The van der Waals surface area contributed by atoms with Gasteiger partial charge in [-0.15, -0.1) is 0 Å². The van der Waals surface area contributed by atoms with Crippen molar-refractivity contribution in [2.45, 2.75) is 0 Å². The Labute approximate surface area is 199 Å². The minimum absolute atomic E-state index is 0.178. The second-order valence-electron chi connectivity index (χ2n) is 7.58. The Kier molecular flexibility index (Phi) is 9.43. The van der Waals surface area contributed by atoms with Crippen molar-refractivity contribution in [3.8, 4) is 12.1 Å². The van der Waals surface area contributed by atoms with Gasteiger partial charge in [-0.25, -0.2) is 9.59 Å².